The molecule has 0 saturated heterocycles. The van der Waals surface area contributed by atoms with Crippen LogP contribution in [0.25, 0.3) is 0 Å². The van der Waals surface area contributed by atoms with E-state index in [9.17, 15) is 14.4 Å². The predicted molar refractivity (Wildman–Crippen MR) is 76.7 cm³/mol. The number of benzene rings is 1. The van der Waals surface area contributed by atoms with Gasteiger partial charge >= 0.3 is 11.8 Å². The standard InChI is InChI=1S/C12H13Cl2N3O4/c13-7-3-4-9(8(14)6-7)21-5-1-2-10(18)16-17-12(20)11(15)19/h3-4,6H,1-2,5H2,(H2,15,19)(H,16,18)(H,17,20). The monoisotopic (exact) mass is 333 g/mol. The highest BCUT2D eigenvalue weighted by Gasteiger charge is 2.09. The van der Waals surface area contributed by atoms with E-state index in [-0.39, 0.29) is 13.0 Å². The van der Waals surface area contributed by atoms with Gasteiger partial charge in [0, 0.05) is 11.4 Å². The fraction of sp³-hybridized carbons (Fsp3) is 0.250. The quantitative estimate of drug-likeness (QED) is 0.420. The smallest absolute Gasteiger partial charge is 0.327 e. The van der Waals surface area contributed by atoms with E-state index < -0.39 is 17.7 Å². The minimum Gasteiger partial charge on any atom is -0.492 e. The molecule has 0 fully saturated rings. The van der Waals surface area contributed by atoms with Gasteiger partial charge in [-0.15, -0.1) is 0 Å². The lowest BCUT2D eigenvalue weighted by molar-refractivity contribution is -0.139. The van der Waals surface area contributed by atoms with Crippen molar-refractivity contribution in [2.24, 2.45) is 5.73 Å². The highest BCUT2D eigenvalue weighted by Crippen LogP contribution is 2.27. The average Bonchev–Trinajstić information content (AvgIpc) is 2.42. The van der Waals surface area contributed by atoms with E-state index >= 15 is 0 Å². The van der Waals surface area contributed by atoms with Crippen LogP contribution < -0.4 is 21.3 Å². The van der Waals surface area contributed by atoms with Gasteiger partial charge in [0.1, 0.15) is 5.75 Å². The highest BCUT2D eigenvalue weighted by atomic mass is 35.5. The van der Waals surface area contributed by atoms with Gasteiger partial charge in [0.2, 0.25) is 5.91 Å². The Bertz CT molecular complexity index is 551. The van der Waals surface area contributed by atoms with Gasteiger partial charge in [-0.25, -0.2) is 0 Å². The summed E-state index contributed by atoms with van der Waals surface area (Å²) in [5.74, 6) is -2.29. The lowest BCUT2D eigenvalue weighted by Crippen LogP contribution is -2.47. The number of hydrogen-bond donors (Lipinski definition) is 3. The Labute approximate surface area is 130 Å². The molecular formula is C12H13Cl2N3O4. The number of hydrogen-bond acceptors (Lipinski definition) is 4. The lowest BCUT2D eigenvalue weighted by Gasteiger charge is -2.08. The third-order valence-corrected chi connectivity index (χ3v) is 2.77. The van der Waals surface area contributed by atoms with Crippen molar-refractivity contribution in [2.45, 2.75) is 12.8 Å². The van der Waals surface area contributed by atoms with Crippen molar-refractivity contribution >= 4 is 40.9 Å². The zero-order valence-corrected chi connectivity index (χ0v) is 12.3. The van der Waals surface area contributed by atoms with Gasteiger partial charge in [-0.05, 0) is 24.6 Å². The van der Waals surface area contributed by atoms with Gasteiger partial charge in [0.15, 0.2) is 0 Å². The molecule has 1 rings (SSSR count). The summed E-state index contributed by atoms with van der Waals surface area (Å²) in [5.41, 5.74) is 8.60. The van der Waals surface area contributed by atoms with Crippen molar-refractivity contribution in [3.63, 3.8) is 0 Å². The Morgan fingerprint density at radius 1 is 1.19 bits per heavy atom. The van der Waals surface area contributed by atoms with Gasteiger partial charge < -0.3 is 10.5 Å². The molecule has 1 aromatic carbocycles. The van der Waals surface area contributed by atoms with E-state index in [4.69, 9.17) is 27.9 Å². The first-order valence-corrected chi connectivity index (χ1v) is 6.62. The molecule has 0 saturated carbocycles. The second-order valence-electron chi connectivity index (χ2n) is 3.89. The van der Waals surface area contributed by atoms with Crippen LogP contribution in [0.4, 0.5) is 0 Å². The molecule has 0 aromatic heterocycles. The first-order chi connectivity index (χ1) is 9.90. The number of amides is 3. The molecule has 1 aromatic rings. The van der Waals surface area contributed by atoms with Crippen molar-refractivity contribution in [1.29, 1.82) is 0 Å². The van der Waals surface area contributed by atoms with E-state index in [1.54, 1.807) is 18.2 Å². The van der Waals surface area contributed by atoms with Crippen LogP contribution in [0, 0.1) is 0 Å². The Morgan fingerprint density at radius 2 is 1.90 bits per heavy atom. The van der Waals surface area contributed by atoms with Crippen LogP contribution in [-0.4, -0.2) is 24.3 Å². The Hall–Kier alpha value is -1.99. The Kier molecular flexibility index (Phi) is 6.77. The molecule has 3 amide bonds. The van der Waals surface area contributed by atoms with Crippen LogP contribution in [-0.2, 0) is 14.4 Å². The van der Waals surface area contributed by atoms with Gasteiger partial charge in [-0.3, -0.25) is 25.2 Å². The molecule has 0 unspecified atom stereocenters. The summed E-state index contributed by atoms with van der Waals surface area (Å²) in [7, 11) is 0. The maximum Gasteiger partial charge on any atom is 0.327 e. The zero-order chi connectivity index (χ0) is 15.8. The number of hydrazine groups is 1. The fourth-order valence-corrected chi connectivity index (χ4v) is 1.72. The van der Waals surface area contributed by atoms with E-state index in [2.05, 4.69) is 5.73 Å². The number of primary amides is 1. The van der Waals surface area contributed by atoms with Gasteiger partial charge in [0.25, 0.3) is 0 Å². The number of carbonyl (C=O) groups excluding carboxylic acids is 3. The maximum absolute atomic E-state index is 11.3. The molecule has 0 heterocycles. The van der Waals surface area contributed by atoms with Crippen LogP contribution in [0.15, 0.2) is 18.2 Å². The average molecular weight is 334 g/mol. The number of rotatable bonds is 5. The first-order valence-electron chi connectivity index (χ1n) is 5.86. The first kappa shape index (κ1) is 17.1. The van der Waals surface area contributed by atoms with Crippen LogP contribution in [0.5, 0.6) is 5.75 Å². The number of carbonyl (C=O) groups is 3. The molecule has 0 aliphatic heterocycles. The molecule has 0 aliphatic carbocycles. The molecule has 0 aliphatic rings. The SMILES string of the molecule is NC(=O)C(=O)NNC(=O)CCCOc1ccc(Cl)cc1Cl. The largest absolute Gasteiger partial charge is 0.492 e. The fourth-order valence-electron chi connectivity index (χ4n) is 1.26. The third-order valence-electron chi connectivity index (χ3n) is 2.24. The summed E-state index contributed by atoms with van der Waals surface area (Å²) in [6, 6.07) is 4.80. The van der Waals surface area contributed by atoms with Crippen LogP contribution in [0.3, 0.4) is 0 Å². The summed E-state index contributed by atoms with van der Waals surface area (Å²) in [6.45, 7) is 0.249. The number of halogens is 2. The minimum absolute atomic E-state index is 0.0876. The van der Waals surface area contributed by atoms with E-state index in [1.165, 1.54) is 0 Å². The third kappa shape index (κ3) is 6.33. The minimum atomic E-state index is -1.18. The molecule has 114 valence electrons. The molecule has 0 atom stereocenters. The van der Waals surface area contributed by atoms with Gasteiger partial charge in [0.05, 0.1) is 11.6 Å². The molecule has 0 bridgehead atoms. The lowest BCUT2D eigenvalue weighted by atomic mass is 10.3. The normalized spacial score (nSPS) is 9.81. The van der Waals surface area contributed by atoms with Crippen molar-refractivity contribution < 1.29 is 19.1 Å². The Balaban J connectivity index is 2.23. The van der Waals surface area contributed by atoms with E-state index in [1.807, 2.05) is 10.9 Å². The van der Waals surface area contributed by atoms with Gasteiger partial charge in [-0.2, -0.15) is 0 Å². The molecule has 4 N–H and O–H groups in total. The summed E-state index contributed by atoms with van der Waals surface area (Å²) in [5, 5.41) is 0.873. The molecule has 21 heavy (non-hydrogen) atoms. The van der Waals surface area contributed by atoms with Crippen molar-refractivity contribution in [1.82, 2.24) is 10.9 Å². The molecule has 9 heteroatoms. The topological polar surface area (TPSA) is 111 Å². The second-order valence-corrected chi connectivity index (χ2v) is 4.74. The molecule has 0 radical (unpaired) electrons. The number of ether oxygens (including phenoxy) is 1. The molecular weight excluding hydrogens is 321 g/mol. The highest BCUT2D eigenvalue weighted by molar-refractivity contribution is 6.35. The van der Waals surface area contributed by atoms with Crippen LogP contribution in [0.1, 0.15) is 12.8 Å². The molecule has 7 nitrogen and oxygen atoms in total. The van der Waals surface area contributed by atoms with Crippen molar-refractivity contribution in [3.05, 3.63) is 28.2 Å². The second kappa shape index (κ2) is 8.33. The summed E-state index contributed by atoms with van der Waals surface area (Å²) >= 11 is 11.6. The summed E-state index contributed by atoms with van der Waals surface area (Å²) in [4.78, 5) is 32.5. The summed E-state index contributed by atoms with van der Waals surface area (Å²) < 4.78 is 5.37. The number of nitrogens with two attached hydrogens (primary N) is 1. The number of nitrogens with one attached hydrogen (secondary N) is 2. The van der Waals surface area contributed by atoms with Crippen LogP contribution >= 0.6 is 23.2 Å². The predicted octanol–water partition coefficient (Wildman–Crippen LogP) is 0.785. The summed E-state index contributed by atoms with van der Waals surface area (Å²) in [6.07, 6.45) is 0.474. The van der Waals surface area contributed by atoms with E-state index in [0.29, 0.717) is 22.2 Å². The molecule has 0 spiro atoms. The van der Waals surface area contributed by atoms with Crippen molar-refractivity contribution in [2.75, 3.05) is 6.61 Å². The van der Waals surface area contributed by atoms with Crippen LogP contribution in [0.2, 0.25) is 10.0 Å². The van der Waals surface area contributed by atoms with Crippen molar-refractivity contribution in [3.8, 4) is 5.75 Å². The Morgan fingerprint density at radius 3 is 2.52 bits per heavy atom. The maximum atomic E-state index is 11.3. The zero-order valence-electron chi connectivity index (χ0n) is 10.8. The van der Waals surface area contributed by atoms with E-state index in [0.717, 1.165) is 0 Å². The van der Waals surface area contributed by atoms with Gasteiger partial charge in [-0.1, -0.05) is 23.2 Å².